The molecule has 40 heavy (non-hydrogen) atoms. The second-order valence-corrected chi connectivity index (χ2v) is 10.3. The van der Waals surface area contributed by atoms with Crippen LogP contribution in [0.2, 0.25) is 0 Å². The van der Waals surface area contributed by atoms with E-state index in [1.54, 1.807) is 16.5 Å². The van der Waals surface area contributed by atoms with Crippen LogP contribution in [0.4, 0.5) is 5.69 Å². The molecule has 0 aliphatic heterocycles. The third-order valence-corrected chi connectivity index (χ3v) is 7.87. The number of hydrogen-bond donors (Lipinski definition) is 0. The van der Waals surface area contributed by atoms with Crippen molar-refractivity contribution in [2.75, 3.05) is 0 Å². The van der Waals surface area contributed by atoms with Crippen LogP contribution in [0.3, 0.4) is 0 Å². The number of nitro groups is 1. The molecule has 0 amide bonds. The maximum absolute atomic E-state index is 13.6. The van der Waals surface area contributed by atoms with Gasteiger partial charge in [-0.05, 0) is 47.5 Å². The average molecular weight is 541 g/mol. The van der Waals surface area contributed by atoms with Gasteiger partial charge in [0, 0.05) is 23.4 Å². The molecule has 0 atom stereocenters. The molecule has 0 radical (unpaired) electrons. The molecular weight excluding hydrogens is 520 g/mol. The Hall–Kier alpha value is -5.34. The minimum absolute atomic E-state index is 0.0235. The summed E-state index contributed by atoms with van der Waals surface area (Å²) in [6, 6.07) is 36.1. The van der Waals surface area contributed by atoms with E-state index in [2.05, 4.69) is 15.6 Å². The van der Waals surface area contributed by atoms with Gasteiger partial charge < -0.3 is 4.57 Å². The van der Waals surface area contributed by atoms with Crippen LogP contribution in [-0.4, -0.2) is 18.9 Å². The molecule has 7 aromatic rings. The standard InChI is InChI=1S/C32H20N4O3S/c37-31-29(40-32-33-26-13-7-8-14-27(26)35(31)32)20-23-19-28(21-9-3-1-4-10-21)34(30(23)22-11-5-2-6-12-22)24-15-17-25(18-16-24)36(38)39/h1-20H/b29-20-. The summed E-state index contributed by atoms with van der Waals surface area (Å²) in [5.74, 6) is 0. The van der Waals surface area contributed by atoms with Gasteiger partial charge in [-0.15, -0.1) is 0 Å². The largest absolute Gasteiger partial charge is 0.309 e. The van der Waals surface area contributed by atoms with Gasteiger partial charge in [0.05, 0.1) is 31.9 Å². The number of nitro benzene ring substituents is 1. The Balaban J connectivity index is 1.54. The van der Waals surface area contributed by atoms with Crippen LogP contribution in [0, 0.1) is 10.1 Å². The molecule has 192 valence electrons. The van der Waals surface area contributed by atoms with Crippen LogP contribution in [0.5, 0.6) is 0 Å². The van der Waals surface area contributed by atoms with Crippen molar-refractivity contribution in [3.63, 3.8) is 0 Å². The number of hydrogen-bond acceptors (Lipinski definition) is 5. The maximum atomic E-state index is 13.6. The number of aromatic nitrogens is 3. The van der Waals surface area contributed by atoms with Gasteiger partial charge in [-0.3, -0.25) is 14.9 Å². The summed E-state index contributed by atoms with van der Waals surface area (Å²) in [6.07, 6.45) is 1.92. The molecule has 0 bridgehead atoms. The minimum Gasteiger partial charge on any atom is -0.309 e. The third-order valence-electron chi connectivity index (χ3n) is 6.90. The Morgan fingerprint density at radius 3 is 2.15 bits per heavy atom. The lowest BCUT2D eigenvalue weighted by atomic mass is 10.1. The lowest BCUT2D eigenvalue weighted by molar-refractivity contribution is -0.384. The molecule has 7 nitrogen and oxygen atoms in total. The molecule has 8 heteroatoms. The summed E-state index contributed by atoms with van der Waals surface area (Å²) < 4.78 is 4.34. The van der Waals surface area contributed by atoms with Gasteiger partial charge >= 0.3 is 0 Å². The fraction of sp³-hybridized carbons (Fsp3) is 0. The van der Waals surface area contributed by atoms with Crippen molar-refractivity contribution in [3.8, 4) is 28.2 Å². The van der Waals surface area contributed by atoms with Crippen molar-refractivity contribution in [2.45, 2.75) is 0 Å². The lowest BCUT2D eigenvalue weighted by Gasteiger charge is -2.15. The highest BCUT2D eigenvalue weighted by atomic mass is 32.1. The molecule has 7 rings (SSSR count). The normalized spacial score (nSPS) is 11.9. The van der Waals surface area contributed by atoms with E-state index in [4.69, 9.17) is 0 Å². The molecule has 3 aromatic heterocycles. The molecule has 0 aliphatic rings. The summed E-state index contributed by atoms with van der Waals surface area (Å²) in [7, 11) is 0. The molecule has 0 saturated heterocycles. The van der Waals surface area contributed by atoms with Gasteiger partial charge in [0.15, 0.2) is 4.96 Å². The van der Waals surface area contributed by atoms with Gasteiger partial charge in [-0.2, -0.15) is 0 Å². The molecule has 0 aliphatic carbocycles. The van der Waals surface area contributed by atoms with Crippen molar-refractivity contribution >= 4 is 39.1 Å². The van der Waals surface area contributed by atoms with Crippen LogP contribution >= 0.6 is 11.3 Å². The minimum atomic E-state index is -0.401. The molecule has 0 N–H and O–H groups in total. The average Bonchev–Trinajstić information content (AvgIpc) is 3.64. The predicted octanol–water partition coefficient (Wildman–Crippen LogP) is 6.49. The molecule has 0 saturated carbocycles. The second-order valence-electron chi connectivity index (χ2n) is 9.31. The Kier molecular flexibility index (Phi) is 5.61. The predicted molar refractivity (Wildman–Crippen MR) is 159 cm³/mol. The van der Waals surface area contributed by atoms with Crippen molar-refractivity contribution < 1.29 is 4.92 Å². The molecule has 0 fully saturated rings. The zero-order valence-corrected chi connectivity index (χ0v) is 21.8. The smallest absolute Gasteiger partial charge is 0.274 e. The summed E-state index contributed by atoms with van der Waals surface area (Å²) in [4.78, 5) is 29.9. The van der Waals surface area contributed by atoms with Crippen LogP contribution in [-0.2, 0) is 0 Å². The van der Waals surface area contributed by atoms with Crippen molar-refractivity contribution in [1.82, 2.24) is 14.0 Å². The van der Waals surface area contributed by atoms with E-state index in [-0.39, 0.29) is 11.2 Å². The Morgan fingerprint density at radius 2 is 1.45 bits per heavy atom. The van der Waals surface area contributed by atoms with E-state index in [9.17, 15) is 14.9 Å². The third kappa shape index (κ3) is 3.90. The molecule has 3 heterocycles. The Bertz CT molecular complexity index is 2150. The van der Waals surface area contributed by atoms with Gasteiger partial charge in [0.2, 0.25) is 0 Å². The number of thiazole rings is 1. The fourth-order valence-corrected chi connectivity index (χ4v) is 6.08. The summed E-state index contributed by atoms with van der Waals surface area (Å²) in [5.41, 5.74) is 6.83. The van der Waals surface area contributed by atoms with Crippen LogP contribution < -0.4 is 10.1 Å². The topological polar surface area (TPSA) is 82.4 Å². The number of rotatable bonds is 5. The number of fused-ring (bicyclic) bond motifs is 3. The van der Waals surface area contributed by atoms with E-state index in [1.165, 1.54) is 23.5 Å². The monoisotopic (exact) mass is 540 g/mol. The fourth-order valence-electron chi connectivity index (χ4n) is 5.10. The van der Waals surface area contributed by atoms with Crippen molar-refractivity contribution in [1.29, 1.82) is 0 Å². The summed E-state index contributed by atoms with van der Waals surface area (Å²) >= 11 is 1.36. The van der Waals surface area contributed by atoms with Crippen LogP contribution in [0.15, 0.2) is 120 Å². The van der Waals surface area contributed by atoms with Gasteiger partial charge in [-0.25, -0.2) is 9.38 Å². The summed E-state index contributed by atoms with van der Waals surface area (Å²) in [6.45, 7) is 0. The first kappa shape index (κ1) is 23.8. The van der Waals surface area contributed by atoms with Gasteiger partial charge in [-0.1, -0.05) is 84.1 Å². The second kappa shape index (κ2) is 9.44. The molecule has 0 unspecified atom stereocenters. The van der Waals surface area contributed by atoms with Crippen molar-refractivity contribution in [2.24, 2.45) is 0 Å². The Morgan fingerprint density at radius 1 is 0.800 bits per heavy atom. The van der Waals surface area contributed by atoms with Crippen LogP contribution in [0.25, 0.3) is 50.3 Å². The Labute approximate surface area is 231 Å². The number of nitrogens with zero attached hydrogens (tertiary/aromatic N) is 4. The SMILES string of the molecule is O=c1/c(=C/c2cc(-c3ccccc3)n(-c3ccc([N+](=O)[O-])cc3)c2-c2ccccc2)sc2nc3ccccc3n12. The highest BCUT2D eigenvalue weighted by Gasteiger charge is 2.20. The highest BCUT2D eigenvalue weighted by Crippen LogP contribution is 2.37. The first-order valence-corrected chi connectivity index (χ1v) is 13.4. The van der Waals surface area contributed by atoms with Gasteiger partial charge in [0.1, 0.15) is 0 Å². The summed E-state index contributed by atoms with van der Waals surface area (Å²) in [5, 5.41) is 11.4. The first-order valence-electron chi connectivity index (χ1n) is 12.6. The number of non-ortho nitro benzene ring substituents is 1. The highest BCUT2D eigenvalue weighted by molar-refractivity contribution is 7.15. The van der Waals surface area contributed by atoms with Crippen LogP contribution in [0.1, 0.15) is 5.56 Å². The molecule has 0 spiro atoms. The van der Waals surface area contributed by atoms with E-state index >= 15 is 0 Å². The van der Waals surface area contributed by atoms with E-state index < -0.39 is 4.92 Å². The lowest BCUT2D eigenvalue weighted by Crippen LogP contribution is -2.22. The number of imidazole rings is 1. The zero-order chi connectivity index (χ0) is 27.2. The molecular formula is C32H20N4O3S. The zero-order valence-electron chi connectivity index (χ0n) is 21.0. The quantitative estimate of drug-likeness (QED) is 0.185. The van der Waals surface area contributed by atoms with E-state index in [1.807, 2.05) is 91.0 Å². The van der Waals surface area contributed by atoms with E-state index in [0.717, 1.165) is 44.8 Å². The maximum Gasteiger partial charge on any atom is 0.274 e. The number of para-hydroxylation sites is 2. The first-order chi connectivity index (χ1) is 19.6. The van der Waals surface area contributed by atoms with E-state index in [0.29, 0.717) is 9.49 Å². The molecule has 4 aromatic carbocycles. The van der Waals surface area contributed by atoms with Gasteiger partial charge in [0.25, 0.3) is 11.2 Å². The van der Waals surface area contributed by atoms with Crippen molar-refractivity contribution in [3.05, 3.63) is 146 Å². The number of benzene rings is 4.